The first-order chi connectivity index (χ1) is 9.97. The van der Waals surface area contributed by atoms with Crippen molar-refractivity contribution in [3.63, 3.8) is 0 Å². The van der Waals surface area contributed by atoms with Gasteiger partial charge in [-0.05, 0) is 23.3 Å². The molecule has 6 nitrogen and oxygen atoms in total. The number of aliphatic carboxylic acids is 1. The number of nitrogens with zero attached hydrogens (tertiary/aromatic N) is 1. The molecule has 0 spiro atoms. The maximum Gasteiger partial charge on any atom is 0.322 e. The summed E-state index contributed by atoms with van der Waals surface area (Å²) in [6, 6.07) is 6.74. The Morgan fingerprint density at radius 3 is 2.67 bits per heavy atom. The van der Waals surface area contributed by atoms with Crippen LogP contribution in [0.15, 0.2) is 36.5 Å². The van der Waals surface area contributed by atoms with Crippen LogP contribution in [0.5, 0.6) is 5.75 Å². The summed E-state index contributed by atoms with van der Waals surface area (Å²) >= 11 is 0. The molecule has 2 N–H and O–H groups in total. The topological polar surface area (TPSA) is 102 Å². The van der Waals surface area contributed by atoms with Gasteiger partial charge in [0.2, 0.25) is 0 Å². The Hall–Kier alpha value is -2.96. The maximum atomic E-state index is 13.1. The van der Waals surface area contributed by atoms with Gasteiger partial charge >= 0.3 is 5.97 Å². The number of rotatable bonds is 4. The second kappa shape index (κ2) is 6.00. The van der Waals surface area contributed by atoms with Crippen LogP contribution in [0, 0.1) is 5.82 Å². The van der Waals surface area contributed by atoms with Crippen molar-refractivity contribution in [1.82, 2.24) is 10.3 Å². The zero-order chi connectivity index (χ0) is 15.4. The maximum absolute atomic E-state index is 13.1. The molecule has 0 radical (unpaired) electrons. The van der Waals surface area contributed by atoms with E-state index in [0.29, 0.717) is 11.1 Å². The number of benzene rings is 1. The summed E-state index contributed by atoms with van der Waals surface area (Å²) in [4.78, 5) is 25.6. The van der Waals surface area contributed by atoms with Crippen LogP contribution in [0.2, 0.25) is 0 Å². The summed E-state index contributed by atoms with van der Waals surface area (Å²) in [7, 11) is 0. The fourth-order valence-corrected chi connectivity index (χ4v) is 1.68. The average Bonchev–Trinajstić information content (AvgIpc) is 2.44. The molecule has 0 aliphatic rings. The molecule has 2 rings (SSSR count). The zero-order valence-electron chi connectivity index (χ0n) is 10.7. The Labute approximate surface area is 118 Å². The summed E-state index contributed by atoms with van der Waals surface area (Å²) in [6.45, 7) is -0.606. The van der Waals surface area contributed by atoms with Crippen LogP contribution in [-0.2, 0) is 4.79 Å². The lowest BCUT2D eigenvalue weighted by Crippen LogP contribution is -2.30. The highest BCUT2D eigenvalue weighted by atomic mass is 19.1. The minimum atomic E-state index is -1.23. The largest absolute Gasteiger partial charge is 0.871 e. The molecule has 0 aliphatic carbocycles. The van der Waals surface area contributed by atoms with Gasteiger partial charge in [0.15, 0.2) is 0 Å². The molecule has 21 heavy (non-hydrogen) atoms. The van der Waals surface area contributed by atoms with Crippen molar-refractivity contribution in [2.24, 2.45) is 0 Å². The minimum absolute atomic E-state index is 0.370. The highest BCUT2D eigenvalue weighted by molar-refractivity contribution is 5.96. The molecule has 0 unspecified atom stereocenters. The number of carbonyl (C=O) groups excluding carboxylic acids is 1. The van der Waals surface area contributed by atoms with E-state index in [9.17, 15) is 19.1 Å². The lowest BCUT2D eigenvalue weighted by atomic mass is 10.1. The molecular formula is C14H10FN2O4-. The number of amides is 1. The van der Waals surface area contributed by atoms with E-state index in [1.807, 2.05) is 5.32 Å². The van der Waals surface area contributed by atoms with Crippen LogP contribution in [0.3, 0.4) is 0 Å². The van der Waals surface area contributed by atoms with Crippen molar-refractivity contribution in [3.8, 4) is 16.9 Å². The predicted molar refractivity (Wildman–Crippen MR) is 69.0 cm³/mol. The molecule has 1 heterocycles. The number of pyridine rings is 1. The molecule has 0 bridgehead atoms. The number of nitrogens with one attached hydrogen (secondary N) is 1. The number of carboxylic acid groups (broad SMARTS) is 1. The molecule has 1 amide bonds. The highest BCUT2D eigenvalue weighted by Gasteiger charge is 2.10. The van der Waals surface area contributed by atoms with E-state index < -0.39 is 35.7 Å². The average molecular weight is 289 g/mol. The molecule has 0 atom stereocenters. The van der Waals surface area contributed by atoms with E-state index >= 15 is 0 Å². The van der Waals surface area contributed by atoms with Crippen molar-refractivity contribution in [3.05, 3.63) is 48.0 Å². The van der Waals surface area contributed by atoms with E-state index in [2.05, 4.69) is 4.98 Å². The predicted octanol–water partition coefficient (Wildman–Crippen LogP) is 0.776. The molecule has 0 aliphatic heterocycles. The van der Waals surface area contributed by atoms with Crippen LogP contribution in [0.4, 0.5) is 4.39 Å². The van der Waals surface area contributed by atoms with Gasteiger partial charge in [0.05, 0.1) is 0 Å². The summed E-state index contributed by atoms with van der Waals surface area (Å²) in [5.74, 6) is -3.22. The van der Waals surface area contributed by atoms with Crippen LogP contribution >= 0.6 is 0 Å². The molecule has 2 aromatic rings. The number of hydrogen-bond donors (Lipinski definition) is 2. The fourth-order valence-electron chi connectivity index (χ4n) is 1.68. The van der Waals surface area contributed by atoms with Gasteiger partial charge < -0.3 is 15.5 Å². The van der Waals surface area contributed by atoms with Crippen molar-refractivity contribution in [2.75, 3.05) is 6.54 Å². The van der Waals surface area contributed by atoms with Gasteiger partial charge in [-0.25, -0.2) is 4.39 Å². The van der Waals surface area contributed by atoms with Gasteiger partial charge in [-0.15, -0.1) is 0 Å². The van der Waals surface area contributed by atoms with Gasteiger partial charge in [-0.2, -0.15) is 0 Å². The molecule has 0 saturated heterocycles. The first kappa shape index (κ1) is 14.4. The van der Waals surface area contributed by atoms with Gasteiger partial charge in [0.25, 0.3) is 5.91 Å². The smallest absolute Gasteiger partial charge is 0.322 e. The van der Waals surface area contributed by atoms with Gasteiger partial charge in [-0.1, -0.05) is 23.9 Å². The standard InChI is InChI=1S/C14H11FN2O4/c15-10-3-1-2-8(4-10)9-5-11(18)13(16-6-9)14(21)17-7-12(19)20/h1-6,18H,7H2,(H,17,21)(H,19,20)/p-1. The molecular weight excluding hydrogens is 279 g/mol. The Bertz CT molecular complexity index is 703. The lowest BCUT2D eigenvalue weighted by molar-refractivity contribution is -0.269. The van der Waals surface area contributed by atoms with E-state index in [1.54, 1.807) is 6.07 Å². The van der Waals surface area contributed by atoms with E-state index in [0.717, 1.165) is 6.07 Å². The normalized spacial score (nSPS) is 10.1. The van der Waals surface area contributed by atoms with Crippen LogP contribution < -0.4 is 10.4 Å². The Kier molecular flexibility index (Phi) is 4.13. The summed E-state index contributed by atoms with van der Waals surface area (Å²) < 4.78 is 13.1. The quantitative estimate of drug-likeness (QED) is 0.865. The Morgan fingerprint density at radius 2 is 2.05 bits per heavy atom. The zero-order valence-corrected chi connectivity index (χ0v) is 10.7. The fraction of sp³-hybridized carbons (Fsp3) is 0.0714. The SMILES string of the molecule is O=C(O)CNC(=O)c1ncc(-c2cccc(F)c2)cc1[O-]. The second-order valence-electron chi connectivity index (χ2n) is 4.16. The number of aromatic nitrogens is 1. The summed E-state index contributed by atoms with van der Waals surface area (Å²) in [5, 5.41) is 22.3. The molecule has 0 saturated carbocycles. The molecule has 1 aromatic carbocycles. The molecule has 108 valence electrons. The highest BCUT2D eigenvalue weighted by Crippen LogP contribution is 2.23. The lowest BCUT2D eigenvalue weighted by Gasteiger charge is -2.13. The molecule has 7 heteroatoms. The van der Waals surface area contributed by atoms with E-state index in [4.69, 9.17) is 5.11 Å². The Balaban J connectivity index is 2.25. The first-order valence-electron chi connectivity index (χ1n) is 5.90. The summed E-state index contributed by atoms with van der Waals surface area (Å²) in [5.41, 5.74) is 0.419. The molecule has 0 fully saturated rings. The number of carboxylic acids is 1. The van der Waals surface area contributed by atoms with Crippen molar-refractivity contribution in [1.29, 1.82) is 0 Å². The van der Waals surface area contributed by atoms with Gasteiger partial charge in [0, 0.05) is 6.20 Å². The van der Waals surface area contributed by atoms with E-state index in [-0.39, 0.29) is 0 Å². The number of carbonyl (C=O) groups is 2. The van der Waals surface area contributed by atoms with Crippen molar-refractivity contribution in [2.45, 2.75) is 0 Å². The van der Waals surface area contributed by atoms with Gasteiger partial charge in [0.1, 0.15) is 18.1 Å². The third kappa shape index (κ3) is 3.53. The Morgan fingerprint density at radius 1 is 1.29 bits per heavy atom. The van der Waals surface area contributed by atoms with Crippen molar-refractivity contribution >= 4 is 11.9 Å². The summed E-state index contributed by atoms with van der Waals surface area (Å²) in [6.07, 6.45) is 1.26. The van der Waals surface area contributed by atoms with Crippen LogP contribution in [0.25, 0.3) is 11.1 Å². The van der Waals surface area contributed by atoms with Gasteiger partial charge in [-0.3, -0.25) is 14.6 Å². The second-order valence-corrected chi connectivity index (χ2v) is 4.16. The third-order valence-electron chi connectivity index (χ3n) is 2.63. The number of halogens is 1. The third-order valence-corrected chi connectivity index (χ3v) is 2.63. The van der Waals surface area contributed by atoms with Crippen molar-refractivity contribution < 1.29 is 24.2 Å². The van der Waals surface area contributed by atoms with Crippen LogP contribution in [-0.4, -0.2) is 28.5 Å². The molecule has 1 aromatic heterocycles. The number of hydrogen-bond acceptors (Lipinski definition) is 4. The minimum Gasteiger partial charge on any atom is -0.871 e. The monoisotopic (exact) mass is 289 g/mol. The first-order valence-corrected chi connectivity index (χ1v) is 5.90. The van der Waals surface area contributed by atoms with E-state index in [1.165, 1.54) is 24.4 Å². The van der Waals surface area contributed by atoms with Crippen LogP contribution in [0.1, 0.15) is 10.5 Å².